The van der Waals surface area contributed by atoms with Crippen LogP contribution in [0.1, 0.15) is 37.0 Å². The monoisotopic (exact) mass is 338 g/mol. The lowest BCUT2D eigenvalue weighted by Gasteiger charge is -2.13. The molecule has 1 aromatic rings. The average molecular weight is 339 g/mol. The number of benzene rings is 1. The third-order valence-electron chi connectivity index (χ3n) is 2.89. The molecule has 0 spiro atoms. The topological polar surface area (TPSA) is 71.4 Å². The molecule has 0 saturated heterocycles. The maximum absolute atomic E-state index is 12.3. The molecule has 0 aliphatic rings. The summed E-state index contributed by atoms with van der Waals surface area (Å²) < 4.78 is 24.6. The largest absolute Gasteiger partial charge is 0.478 e. The van der Waals surface area contributed by atoms with Crippen molar-refractivity contribution in [1.29, 1.82) is 0 Å². The Balaban J connectivity index is 3.26. The van der Waals surface area contributed by atoms with E-state index in [9.17, 15) is 13.2 Å². The van der Waals surface area contributed by atoms with Gasteiger partial charge in [-0.15, -0.1) is 0 Å². The van der Waals surface area contributed by atoms with E-state index in [0.29, 0.717) is 0 Å². The molecule has 0 aliphatic carbocycles. The quantitative estimate of drug-likeness (QED) is 0.853. The van der Waals surface area contributed by atoms with E-state index in [1.165, 1.54) is 12.1 Å². The summed E-state index contributed by atoms with van der Waals surface area (Å²) >= 11 is 11.7. The third kappa shape index (κ3) is 3.87. The summed E-state index contributed by atoms with van der Waals surface area (Å²) in [5.74, 6) is -1.44. The molecule has 0 heterocycles. The van der Waals surface area contributed by atoms with Crippen molar-refractivity contribution in [2.45, 2.75) is 31.6 Å². The highest BCUT2D eigenvalue weighted by Crippen LogP contribution is 2.32. The van der Waals surface area contributed by atoms with Crippen LogP contribution in [0, 0.1) is 5.92 Å². The lowest BCUT2D eigenvalue weighted by atomic mass is 10.1. The van der Waals surface area contributed by atoms with Crippen LogP contribution < -0.4 is 0 Å². The molecular formula is C13H16Cl2O4S. The van der Waals surface area contributed by atoms with Crippen LogP contribution >= 0.6 is 23.2 Å². The molecule has 4 nitrogen and oxygen atoms in total. The van der Waals surface area contributed by atoms with Gasteiger partial charge < -0.3 is 5.11 Å². The number of carboxylic acid groups (broad SMARTS) is 1. The first-order valence-electron chi connectivity index (χ1n) is 6.14. The van der Waals surface area contributed by atoms with Gasteiger partial charge in [-0.25, -0.2) is 13.2 Å². The van der Waals surface area contributed by atoms with E-state index < -0.39 is 15.8 Å². The summed E-state index contributed by atoms with van der Waals surface area (Å²) in [4.78, 5) is 10.9. The molecule has 0 saturated carbocycles. The molecule has 1 rings (SSSR count). The molecule has 1 unspecified atom stereocenters. The van der Waals surface area contributed by atoms with E-state index in [1.54, 1.807) is 0 Å². The molecule has 1 atom stereocenters. The van der Waals surface area contributed by atoms with Crippen LogP contribution in [0.5, 0.6) is 0 Å². The van der Waals surface area contributed by atoms with Crippen LogP contribution in [0.4, 0.5) is 0 Å². The number of carboxylic acids is 1. The second-order valence-electron chi connectivity index (χ2n) is 4.71. The van der Waals surface area contributed by atoms with Gasteiger partial charge in [0.2, 0.25) is 0 Å². The molecule has 0 fully saturated rings. The van der Waals surface area contributed by atoms with Gasteiger partial charge in [-0.05, 0) is 24.5 Å². The van der Waals surface area contributed by atoms with E-state index >= 15 is 0 Å². The van der Waals surface area contributed by atoms with Gasteiger partial charge in [0.15, 0.2) is 9.84 Å². The number of halogens is 2. The van der Waals surface area contributed by atoms with Crippen molar-refractivity contribution in [1.82, 2.24) is 0 Å². The minimum absolute atomic E-state index is 0.0231. The molecule has 0 bridgehead atoms. The van der Waals surface area contributed by atoms with Gasteiger partial charge in [-0.2, -0.15) is 0 Å². The van der Waals surface area contributed by atoms with Gasteiger partial charge in [-0.3, -0.25) is 0 Å². The maximum atomic E-state index is 12.3. The van der Waals surface area contributed by atoms with Gasteiger partial charge in [0.25, 0.3) is 0 Å². The SMILES string of the molecule is CCCC(C)CS(=O)(=O)c1ccc(Cl)c(C(=O)O)c1Cl. The first kappa shape index (κ1) is 17.3. The Kier molecular flexibility index (Phi) is 5.86. The van der Waals surface area contributed by atoms with E-state index in [1.807, 2.05) is 13.8 Å². The molecule has 7 heteroatoms. The summed E-state index contributed by atoms with van der Waals surface area (Å²) in [6.07, 6.45) is 1.65. The zero-order valence-corrected chi connectivity index (χ0v) is 13.5. The molecule has 1 aromatic carbocycles. The molecule has 0 radical (unpaired) electrons. The summed E-state index contributed by atoms with van der Waals surface area (Å²) in [5, 5.41) is 8.63. The van der Waals surface area contributed by atoms with Crippen molar-refractivity contribution in [2.75, 3.05) is 5.75 Å². The minimum atomic E-state index is -3.64. The van der Waals surface area contributed by atoms with Crippen LogP contribution in [0.2, 0.25) is 10.0 Å². The van der Waals surface area contributed by atoms with E-state index in [0.717, 1.165) is 12.8 Å². The average Bonchev–Trinajstić information content (AvgIpc) is 2.27. The molecular weight excluding hydrogens is 323 g/mol. The second-order valence-corrected chi connectivity index (χ2v) is 7.50. The maximum Gasteiger partial charge on any atom is 0.338 e. The summed E-state index contributed by atoms with van der Waals surface area (Å²) in [5.41, 5.74) is -0.377. The molecule has 0 aromatic heterocycles. The van der Waals surface area contributed by atoms with E-state index in [2.05, 4.69) is 0 Å². The highest BCUT2D eigenvalue weighted by Gasteiger charge is 2.26. The van der Waals surface area contributed by atoms with Crippen molar-refractivity contribution in [3.8, 4) is 0 Å². The Hall–Kier alpha value is -0.780. The molecule has 0 amide bonds. The first-order valence-corrected chi connectivity index (χ1v) is 8.55. The smallest absolute Gasteiger partial charge is 0.338 e. The van der Waals surface area contributed by atoms with Crippen LogP contribution in [-0.2, 0) is 9.84 Å². The predicted molar refractivity (Wildman–Crippen MR) is 79.5 cm³/mol. The Morgan fingerprint density at radius 1 is 1.35 bits per heavy atom. The zero-order valence-electron chi connectivity index (χ0n) is 11.2. The Labute approximate surface area is 128 Å². The van der Waals surface area contributed by atoms with Gasteiger partial charge in [0.1, 0.15) is 0 Å². The van der Waals surface area contributed by atoms with Crippen LogP contribution in [0.25, 0.3) is 0 Å². The predicted octanol–water partition coefficient (Wildman–Crippen LogP) is 3.90. The molecule has 112 valence electrons. The number of sulfone groups is 1. The zero-order chi connectivity index (χ0) is 15.5. The highest BCUT2D eigenvalue weighted by atomic mass is 35.5. The number of hydrogen-bond acceptors (Lipinski definition) is 3. The Morgan fingerprint density at radius 3 is 2.45 bits per heavy atom. The van der Waals surface area contributed by atoms with Crippen molar-refractivity contribution < 1.29 is 18.3 Å². The number of rotatable bonds is 6. The summed E-state index contributed by atoms with van der Waals surface area (Å²) in [6.45, 7) is 3.81. The third-order valence-corrected chi connectivity index (χ3v) is 5.73. The van der Waals surface area contributed by atoms with Gasteiger partial charge in [0.05, 0.1) is 26.3 Å². The summed E-state index contributed by atoms with van der Waals surface area (Å²) in [6, 6.07) is 2.50. The fourth-order valence-electron chi connectivity index (χ4n) is 2.01. The number of hydrogen-bond donors (Lipinski definition) is 1. The van der Waals surface area contributed by atoms with Crippen molar-refractivity contribution in [3.05, 3.63) is 27.7 Å². The van der Waals surface area contributed by atoms with Gasteiger partial charge in [0, 0.05) is 0 Å². The molecule has 0 aliphatic heterocycles. The lowest BCUT2D eigenvalue weighted by Crippen LogP contribution is -2.15. The van der Waals surface area contributed by atoms with Crippen LogP contribution in [0.3, 0.4) is 0 Å². The fraction of sp³-hybridized carbons (Fsp3) is 0.462. The van der Waals surface area contributed by atoms with Crippen molar-refractivity contribution >= 4 is 39.0 Å². The van der Waals surface area contributed by atoms with Gasteiger partial charge in [-0.1, -0.05) is 43.5 Å². The summed E-state index contributed by atoms with van der Waals surface area (Å²) in [7, 11) is -3.64. The van der Waals surface area contributed by atoms with E-state index in [-0.39, 0.29) is 32.2 Å². The number of carbonyl (C=O) groups is 1. The van der Waals surface area contributed by atoms with Crippen LogP contribution in [0.15, 0.2) is 17.0 Å². The minimum Gasteiger partial charge on any atom is -0.478 e. The number of aromatic carboxylic acids is 1. The molecule has 20 heavy (non-hydrogen) atoms. The van der Waals surface area contributed by atoms with Crippen molar-refractivity contribution in [3.63, 3.8) is 0 Å². The molecule has 1 N–H and O–H groups in total. The van der Waals surface area contributed by atoms with Crippen LogP contribution in [-0.4, -0.2) is 25.2 Å². The standard InChI is InChI=1S/C13H16Cl2O4S/c1-3-4-8(2)7-20(18,19)10-6-5-9(14)11(12(10)15)13(16)17/h5-6,8H,3-4,7H2,1-2H3,(H,16,17). The normalized spacial score (nSPS) is 13.2. The fourth-order valence-corrected chi connectivity index (χ4v) is 4.64. The van der Waals surface area contributed by atoms with Gasteiger partial charge >= 0.3 is 5.97 Å². The lowest BCUT2D eigenvalue weighted by molar-refractivity contribution is 0.0697. The Bertz CT molecular complexity index is 611. The van der Waals surface area contributed by atoms with E-state index in [4.69, 9.17) is 28.3 Å². The Morgan fingerprint density at radius 2 is 1.95 bits per heavy atom. The van der Waals surface area contributed by atoms with Crippen molar-refractivity contribution in [2.24, 2.45) is 5.92 Å². The highest BCUT2D eigenvalue weighted by molar-refractivity contribution is 7.91. The first-order chi connectivity index (χ1) is 9.20. The second kappa shape index (κ2) is 6.78.